The fraction of sp³-hybridized carbons (Fsp3) is 0.400. The number of hydrogen-bond acceptors (Lipinski definition) is 3. The van der Waals surface area contributed by atoms with Gasteiger partial charge in [-0.1, -0.05) is 6.07 Å². The Morgan fingerprint density at radius 3 is 1.92 bits per heavy atom. The van der Waals surface area contributed by atoms with Crippen LogP contribution in [0.5, 0.6) is 11.5 Å². The molecule has 3 heteroatoms. The second kappa shape index (κ2) is 4.14. The second-order valence-electron chi connectivity index (χ2n) is 2.86. The van der Waals surface area contributed by atoms with Crippen molar-refractivity contribution in [1.29, 1.82) is 0 Å². The van der Waals surface area contributed by atoms with Gasteiger partial charge in [-0.2, -0.15) is 0 Å². The van der Waals surface area contributed by atoms with Gasteiger partial charge in [-0.05, 0) is 19.1 Å². The maximum Gasteiger partial charge on any atom is 0.127 e. The van der Waals surface area contributed by atoms with Gasteiger partial charge in [0.15, 0.2) is 0 Å². The lowest BCUT2D eigenvalue weighted by molar-refractivity contribution is 0.381. The maximum absolute atomic E-state index is 5.81. The van der Waals surface area contributed by atoms with Crippen LogP contribution in [-0.2, 0) is 0 Å². The van der Waals surface area contributed by atoms with Gasteiger partial charge in [0.05, 0.1) is 19.8 Å². The molecule has 1 aromatic carbocycles. The summed E-state index contributed by atoms with van der Waals surface area (Å²) in [5, 5.41) is 0. The topological polar surface area (TPSA) is 44.5 Å². The fourth-order valence-corrected chi connectivity index (χ4v) is 1.33. The number of ether oxygens (including phenoxy) is 2. The van der Waals surface area contributed by atoms with Gasteiger partial charge in [0.2, 0.25) is 0 Å². The van der Waals surface area contributed by atoms with Crippen molar-refractivity contribution >= 4 is 0 Å². The summed E-state index contributed by atoms with van der Waals surface area (Å²) in [5.41, 5.74) is 6.72. The average Bonchev–Trinajstić information content (AvgIpc) is 2.16. The van der Waals surface area contributed by atoms with E-state index in [9.17, 15) is 0 Å². The van der Waals surface area contributed by atoms with E-state index in [0.717, 1.165) is 17.1 Å². The first-order valence-corrected chi connectivity index (χ1v) is 4.17. The van der Waals surface area contributed by atoms with E-state index in [0.29, 0.717) is 0 Å². The first-order valence-electron chi connectivity index (χ1n) is 4.17. The monoisotopic (exact) mass is 181 g/mol. The summed E-state index contributed by atoms with van der Waals surface area (Å²) in [6, 6.07) is 5.54. The zero-order valence-electron chi connectivity index (χ0n) is 8.20. The van der Waals surface area contributed by atoms with Gasteiger partial charge in [0.25, 0.3) is 0 Å². The third-order valence-corrected chi connectivity index (χ3v) is 1.92. The zero-order valence-corrected chi connectivity index (χ0v) is 8.20. The molecule has 72 valence electrons. The average molecular weight is 181 g/mol. The number of benzene rings is 1. The molecule has 13 heavy (non-hydrogen) atoms. The van der Waals surface area contributed by atoms with Crippen LogP contribution in [0, 0.1) is 0 Å². The van der Waals surface area contributed by atoms with E-state index >= 15 is 0 Å². The molecule has 0 aromatic heterocycles. The van der Waals surface area contributed by atoms with Gasteiger partial charge in [0, 0.05) is 6.04 Å². The number of hydrogen-bond donors (Lipinski definition) is 1. The van der Waals surface area contributed by atoms with Crippen LogP contribution in [0.25, 0.3) is 0 Å². The van der Waals surface area contributed by atoms with Crippen LogP contribution in [0.4, 0.5) is 0 Å². The molecule has 0 heterocycles. The standard InChI is InChI=1S/C10H15NO2/c1-7(11)10-8(12-2)5-4-6-9(10)13-3/h4-7H,11H2,1-3H3. The summed E-state index contributed by atoms with van der Waals surface area (Å²) < 4.78 is 10.4. The van der Waals surface area contributed by atoms with E-state index in [2.05, 4.69) is 0 Å². The Kier molecular flexibility index (Phi) is 3.14. The second-order valence-corrected chi connectivity index (χ2v) is 2.86. The van der Waals surface area contributed by atoms with Gasteiger partial charge < -0.3 is 15.2 Å². The molecular formula is C10H15NO2. The lowest BCUT2D eigenvalue weighted by atomic mass is 10.1. The molecule has 0 amide bonds. The van der Waals surface area contributed by atoms with E-state index in [1.54, 1.807) is 14.2 Å². The third-order valence-electron chi connectivity index (χ3n) is 1.92. The summed E-state index contributed by atoms with van der Waals surface area (Å²) in [5.74, 6) is 1.55. The number of methoxy groups -OCH3 is 2. The van der Waals surface area contributed by atoms with Crippen molar-refractivity contribution in [2.45, 2.75) is 13.0 Å². The summed E-state index contributed by atoms with van der Waals surface area (Å²) in [6.45, 7) is 1.90. The Hall–Kier alpha value is -1.22. The molecule has 0 bridgehead atoms. The van der Waals surface area contributed by atoms with Gasteiger partial charge in [-0.25, -0.2) is 0 Å². The molecular weight excluding hydrogens is 166 g/mol. The van der Waals surface area contributed by atoms with E-state index in [4.69, 9.17) is 15.2 Å². The Bertz CT molecular complexity index is 262. The highest BCUT2D eigenvalue weighted by Gasteiger charge is 2.12. The lowest BCUT2D eigenvalue weighted by Crippen LogP contribution is -2.08. The Balaban J connectivity index is 3.21. The molecule has 0 saturated carbocycles. The third kappa shape index (κ3) is 1.92. The van der Waals surface area contributed by atoms with Crippen molar-refractivity contribution in [3.05, 3.63) is 23.8 Å². The molecule has 0 spiro atoms. The minimum atomic E-state index is -0.0916. The molecule has 0 radical (unpaired) electrons. The van der Waals surface area contributed by atoms with Crippen LogP contribution in [0.1, 0.15) is 18.5 Å². The highest BCUT2D eigenvalue weighted by molar-refractivity contribution is 5.46. The van der Waals surface area contributed by atoms with E-state index in [-0.39, 0.29) is 6.04 Å². The molecule has 0 aliphatic heterocycles. The van der Waals surface area contributed by atoms with Gasteiger partial charge in [-0.3, -0.25) is 0 Å². The van der Waals surface area contributed by atoms with Crippen LogP contribution >= 0.6 is 0 Å². The Labute approximate surface area is 78.5 Å². The molecule has 0 aliphatic rings. The quantitative estimate of drug-likeness (QED) is 0.772. The van der Waals surface area contributed by atoms with Crippen LogP contribution in [0.15, 0.2) is 18.2 Å². The molecule has 1 atom stereocenters. The van der Waals surface area contributed by atoms with Crippen molar-refractivity contribution < 1.29 is 9.47 Å². The summed E-state index contributed by atoms with van der Waals surface area (Å²) in [6.07, 6.45) is 0. The van der Waals surface area contributed by atoms with E-state index in [1.807, 2.05) is 25.1 Å². The van der Waals surface area contributed by atoms with Gasteiger partial charge in [-0.15, -0.1) is 0 Å². The highest BCUT2D eigenvalue weighted by Crippen LogP contribution is 2.32. The summed E-state index contributed by atoms with van der Waals surface area (Å²) >= 11 is 0. The van der Waals surface area contributed by atoms with Crippen LogP contribution in [0.3, 0.4) is 0 Å². The Morgan fingerprint density at radius 2 is 1.62 bits per heavy atom. The number of rotatable bonds is 3. The lowest BCUT2D eigenvalue weighted by Gasteiger charge is -2.15. The predicted octanol–water partition coefficient (Wildman–Crippen LogP) is 1.72. The summed E-state index contributed by atoms with van der Waals surface area (Å²) in [7, 11) is 3.25. The molecule has 0 fully saturated rings. The summed E-state index contributed by atoms with van der Waals surface area (Å²) in [4.78, 5) is 0. The first kappa shape index (κ1) is 9.86. The predicted molar refractivity (Wildman–Crippen MR) is 52.1 cm³/mol. The van der Waals surface area contributed by atoms with Crippen molar-refractivity contribution in [2.24, 2.45) is 5.73 Å². The van der Waals surface area contributed by atoms with E-state index in [1.165, 1.54) is 0 Å². The molecule has 0 saturated heterocycles. The minimum Gasteiger partial charge on any atom is -0.496 e. The van der Waals surface area contributed by atoms with Gasteiger partial charge in [0.1, 0.15) is 11.5 Å². The SMILES string of the molecule is COc1cccc(OC)c1C(C)N. The molecule has 2 N–H and O–H groups in total. The number of nitrogens with two attached hydrogens (primary N) is 1. The first-order chi connectivity index (χ1) is 6.20. The van der Waals surface area contributed by atoms with E-state index < -0.39 is 0 Å². The fourth-order valence-electron chi connectivity index (χ4n) is 1.33. The van der Waals surface area contributed by atoms with Crippen molar-refractivity contribution in [2.75, 3.05) is 14.2 Å². The smallest absolute Gasteiger partial charge is 0.127 e. The van der Waals surface area contributed by atoms with Crippen LogP contribution < -0.4 is 15.2 Å². The minimum absolute atomic E-state index is 0.0916. The molecule has 0 aliphatic carbocycles. The van der Waals surface area contributed by atoms with Crippen LogP contribution in [-0.4, -0.2) is 14.2 Å². The molecule has 1 aromatic rings. The Morgan fingerprint density at radius 1 is 1.15 bits per heavy atom. The van der Waals surface area contributed by atoms with Crippen molar-refractivity contribution in [3.8, 4) is 11.5 Å². The van der Waals surface area contributed by atoms with Gasteiger partial charge >= 0.3 is 0 Å². The van der Waals surface area contributed by atoms with Crippen LogP contribution in [0.2, 0.25) is 0 Å². The largest absolute Gasteiger partial charge is 0.496 e. The molecule has 1 unspecified atom stereocenters. The highest BCUT2D eigenvalue weighted by atomic mass is 16.5. The normalized spacial score (nSPS) is 12.3. The maximum atomic E-state index is 5.81. The van der Waals surface area contributed by atoms with Crippen molar-refractivity contribution in [1.82, 2.24) is 0 Å². The van der Waals surface area contributed by atoms with Crippen molar-refractivity contribution in [3.63, 3.8) is 0 Å². The zero-order chi connectivity index (χ0) is 9.84. The molecule has 1 rings (SSSR count). The molecule has 3 nitrogen and oxygen atoms in total.